The van der Waals surface area contributed by atoms with Crippen molar-refractivity contribution in [2.75, 3.05) is 14.2 Å². The molecule has 1 heterocycles. The highest BCUT2D eigenvalue weighted by atomic mass is 35.5. The van der Waals surface area contributed by atoms with E-state index < -0.39 is 0 Å². The first-order chi connectivity index (χ1) is 10.7. The summed E-state index contributed by atoms with van der Waals surface area (Å²) in [5.41, 5.74) is 3.47. The molecule has 2 rings (SSSR count). The minimum atomic E-state index is -0.338. The van der Waals surface area contributed by atoms with E-state index in [2.05, 4.69) is 15.5 Å². The summed E-state index contributed by atoms with van der Waals surface area (Å²) >= 11 is 6.12. The maximum absolute atomic E-state index is 11.8. The van der Waals surface area contributed by atoms with Crippen LogP contribution in [-0.2, 0) is 0 Å². The quantitative estimate of drug-likeness (QED) is 0.679. The highest BCUT2D eigenvalue weighted by Crippen LogP contribution is 2.32. The van der Waals surface area contributed by atoms with Gasteiger partial charge >= 0.3 is 0 Å². The standard InChI is InChI=1S/C15H14ClN3O3/c1-21-13-7-11(12(16)8-14(13)22-2)9-18-19-15(20)10-3-5-17-6-4-10/h3-9H,1-2H3,(H,19,20)/b18-9-. The van der Waals surface area contributed by atoms with Crippen LogP contribution in [0.15, 0.2) is 41.8 Å². The van der Waals surface area contributed by atoms with E-state index in [9.17, 15) is 4.79 Å². The number of pyridine rings is 1. The van der Waals surface area contributed by atoms with Crippen LogP contribution in [0, 0.1) is 0 Å². The van der Waals surface area contributed by atoms with Gasteiger partial charge in [-0.05, 0) is 18.2 Å². The summed E-state index contributed by atoms with van der Waals surface area (Å²) in [4.78, 5) is 15.7. The van der Waals surface area contributed by atoms with E-state index >= 15 is 0 Å². The minimum absolute atomic E-state index is 0.338. The van der Waals surface area contributed by atoms with Crippen LogP contribution in [0.1, 0.15) is 15.9 Å². The van der Waals surface area contributed by atoms with Crippen molar-refractivity contribution in [3.05, 3.63) is 52.8 Å². The Morgan fingerprint density at radius 3 is 2.50 bits per heavy atom. The maximum atomic E-state index is 11.8. The number of rotatable bonds is 5. The molecule has 0 unspecified atom stereocenters. The number of ether oxygens (including phenoxy) is 2. The Morgan fingerprint density at radius 2 is 1.86 bits per heavy atom. The molecule has 1 aromatic heterocycles. The zero-order valence-corrected chi connectivity index (χ0v) is 12.8. The Balaban J connectivity index is 2.12. The fourth-order valence-electron chi connectivity index (χ4n) is 1.70. The Morgan fingerprint density at radius 1 is 1.23 bits per heavy atom. The normalized spacial score (nSPS) is 10.5. The number of carbonyl (C=O) groups excluding carboxylic acids is 1. The van der Waals surface area contributed by atoms with Crippen molar-refractivity contribution in [3.8, 4) is 11.5 Å². The van der Waals surface area contributed by atoms with Gasteiger partial charge in [0.2, 0.25) is 0 Å². The molecule has 0 saturated carbocycles. The van der Waals surface area contributed by atoms with E-state index in [0.29, 0.717) is 27.6 Å². The lowest BCUT2D eigenvalue weighted by atomic mass is 10.2. The molecule has 22 heavy (non-hydrogen) atoms. The van der Waals surface area contributed by atoms with Crippen molar-refractivity contribution in [1.29, 1.82) is 0 Å². The molecule has 1 aromatic carbocycles. The maximum Gasteiger partial charge on any atom is 0.271 e. The molecule has 0 atom stereocenters. The van der Waals surface area contributed by atoms with Crippen LogP contribution >= 0.6 is 11.6 Å². The van der Waals surface area contributed by atoms with Crippen LogP contribution in [0.25, 0.3) is 0 Å². The summed E-state index contributed by atoms with van der Waals surface area (Å²) in [6.45, 7) is 0. The summed E-state index contributed by atoms with van der Waals surface area (Å²) in [5, 5.41) is 4.31. The van der Waals surface area contributed by atoms with E-state index in [0.717, 1.165) is 0 Å². The molecule has 114 valence electrons. The molecule has 2 aromatic rings. The number of hydrazone groups is 1. The predicted molar refractivity (Wildman–Crippen MR) is 83.9 cm³/mol. The fraction of sp³-hybridized carbons (Fsp3) is 0.133. The molecular weight excluding hydrogens is 306 g/mol. The highest BCUT2D eigenvalue weighted by molar-refractivity contribution is 6.33. The summed E-state index contributed by atoms with van der Waals surface area (Å²) in [6, 6.07) is 6.47. The highest BCUT2D eigenvalue weighted by Gasteiger charge is 2.08. The SMILES string of the molecule is COc1cc(Cl)c(/C=N\NC(=O)c2ccncc2)cc1OC. The Bertz CT molecular complexity index is 690. The smallest absolute Gasteiger partial charge is 0.271 e. The van der Waals surface area contributed by atoms with Crippen molar-refractivity contribution >= 4 is 23.7 Å². The van der Waals surface area contributed by atoms with Crippen molar-refractivity contribution < 1.29 is 14.3 Å². The van der Waals surface area contributed by atoms with Crippen molar-refractivity contribution in [2.24, 2.45) is 5.10 Å². The molecule has 0 spiro atoms. The summed E-state index contributed by atoms with van der Waals surface area (Å²) in [6.07, 6.45) is 4.50. The lowest BCUT2D eigenvalue weighted by molar-refractivity contribution is 0.0955. The fourth-order valence-corrected chi connectivity index (χ4v) is 1.90. The molecule has 7 heteroatoms. The zero-order chi connectivity index (χ0) is 15.9. The van der Waals surface area contributed by atoms with Gasteiger partial charge in [0.1, 0.15) is 0 Å². The molecule has 1 N–H and O–H groups in total. The minimum Gasteiger partial charge on any atom is -0.493 e. The summed E-state index contributed by atoms with van der Waals surface area (Å²) in [5.74, 6) is 0.703. The number of aromatic nitrogens is 1. The van der Waals surface area contributed by atoms with Crippen molar-refractivity contribution in [2.45, 2.75) is 0 Å². The van der Waals surface area contributed by atoms with Gasteiger partial charge in [-0.15, -0.1) is 0 Å². The third-order valence-electron chi connectivity index (χ3n) is 2.82. The molecular formula is C15H14ClN3O3. The van der Waals surface area contributed by atoms with Crippen LogP contribution in [0.4, 0.5) is 0 Å². The van der Waals surface area contributed by atoms with Gasteiger partial charge in [0.15, 0.2) is 11.5 Å². The summed E-state index contributed by atoms with van der Waals surface area (Å²) in [7, 11) is 3.05. The van der Waals surface area contributed by atoms with Crippen molar-refractivity contribution in [3.63, 3.8) is 0 Å². The van der Waals surface area contributed by atoms with Gasteiger partial charge in [0.05, 0.1) is 25.5 Å². The van der Waals surface area contributed by atoms with Crippen LogP contribution < -0.4 is 14.9 Å². The van der Waals surface area contributed by atoms with E-state index in [1.165, 1.54) is 32.8 Å². The largest absolute Gasteiger partial charge is 0.493 e. The molecule has 0 aliphatic rings. The van der Waals surface area contributed by atoms with Gasteiger partial charge in [-0.3, -0.25) is 9.78 Å². The molecule has 0 radical (unpaired) electrons. The average Bonchev–Trinajstić information content (AvgIpc) is 2.56. The Hall–Kier alpha value is -2.60. The Kier molecular flexibility index (Phi) is 5.32. The molecule has 0 fully saturated rings. The van der Waals surface area contributed by atoms with Crippen LogP contribution in [0.2, 0.25) is 5.02 Å². The molecule has 0 bridgehead atoms. The zero-order valence-electron chi connectivity index (χ0n) is 12.0. The first-order valence-corrected chi connectivity index (χ1v) is 6.68. The molecule has 0 aliphatic carbocycles. The lowest BCUT2D eigenvalue weighted by Gasteiger charge is -2.09. The van der Waals surface area contributed by atoms with Crippen LogP contribution in [0.5, 0.6) is 11.5 Å². The number of carbonyl (C=O) groups is 1. The van der Waals surface area contributed by atoms with Gasteiger partial charge in [-0.1, -0.05) is 11.6 Å². The van der Waals surface area contributed by atoms with E-state index in [1.807, 2.05) is 0 Å². The van der Waals surface area contributed by atoms with Gasteiger partial charge in [0.25, 0.3) is 5.91 Å². The first kappa shape index (κ1) is 15.8. The summed E-state index contributed by atoms with van der Waals surface area (Å²) < 4.78 is 10.3. The molecule has 6 nitrogen and oxygen atoms in total. The molecule has 0 saturated heterocycles. The topological polar surface area (TPSA) is 72.8 Å². The van der Waals surface area contributed by atoms with Gasteiger partial charge in [0, 0.05) is 29.6 Å². The second-order valence-corrected chi connectivity index (χ2v) is 4.57. The number of hydrogen-bond acceptors (Lipinski definition) is 5. The third-order valence-corrected chi connectivity index (χ3v) is 3.14. The number of nitrogens with zero attached hydrogens (tertiary/aromatic N) is 2. The monoisotopic (exact) mass is 319 g/mol. The number of hydrogen-bond donors (Lipinski definition) is 1. The number of halogens is 1. The first-order valence-electron chi connectivity index (χ1n) is 6.30. The van der Waals surface area contributed by atoms with Crippen LogP contribution in [0.3, 0.4) is 0 Å². The second kappa shape index (κ2) is 7.42. The van der Waals surface area contributed by atoms with Gasteiger partial charge in [-0.2, -0.15) is 5.10 Å². The third kappa shape index (κ3) is 3.73. The molecule has 0 aliphatic heterocycles. The second-order valence-electron chi connectivity index (χ2n) is 4.16. The van der Waals surface area contributed by atoms with Gasteiger partial charge in [-0.25, -0.2) is 5.43 Å². The number of nitrogens with one attached hydrogen (secondary N) is 1. The molecule has 1 amide bonds. The number of benzene rings is 1. The Labute approximate surface area is 132 Å². The predicted octanol–water partition coefficient (Wildman–Crippen LogP) is 2.52. The van der Waals surface area contributed by atoms with Crippen LogP contribution in [-0.4, -0.2) is 31.3 Å². The number of amides is 1. The van der Waals surface area contributed by atoms with E-state index in [-0.39, 0.29) is 5.91 Å². The average molecular weight is 320 g/mol. The van der Waals surface area contributed by atoms with Gasteiger partial charge < -0.3 is 9.47 Å². The number of methoxy groups -OCH3 is 2. The van der Waals surface area contributed by atoms with Crippen molar-refractivity contribution in [1.82, 2.24) is 10.4 Å². The lowest BCUT2D eigenvalue weighted by Crippen LogP contribution is -2.17. The van der Waals surface area contributed by atoms with E-state index in [4.69, 9.17) is 21.1 Å². The van der Waals surface area contributed by atoms with E-state index in [1.54, 1.807) is 24.3 Å².